The van der Waals surface area contributed by atoms with Gasteiger partial charge in [0.2, 0.25) is 11.1 Å². The van der Waals surface area contributed by atoms with Crippen LogP contribution in [-0.2, 0) is 4.79 Å². The fraction of sp³-hybridized carbons (Fsp3) is 0.389. The highest BCUT2D eigenvalue weighted by molar-refractivity contribution is 7.98. The monoisotopic (exact) mass is 385 g/mol. The molecule has 8 nitrogen and oxygen atoms in total. The molecule has 1 N–H and O–H groups in total. The average Bonchev–Trinajstić information content (AvgIpc) is 3.01. The Bertz CT molecular complexity index is 995. The Morgan fingerprint density at radius 1 is 1.33 bits per heavy atom. The average molecular weight is 385 g/mol. The van der Waals surface area contributed by atoms with Crippen LogP contribution in [0.1, 0.15) is 38.3 Å². The minimum absolute atomic E-state index is 0.0104. The number of nitro groups is 1. The quantitative estimate of drug-likeness (QED) is 0.489. The number of hydrogen-bond acceptors (Lipinski definition) is 7. The minimum Gasteiger partial charge on any atom is -0.328 e. The highest BCUT2D eigenvalue weighted by Gasteiger charge is 2.43. The van der Waals surface area contributed by atoms with Gasteiger partial charge in [-0.05, 0) is 24.2 Å². The van der Waals surface area contributed by atoms with E-state index >= 15 is 0 Å². The molecule has 0 fully saturated rings. The zero-order valence-corrected chi connectivity index (χ0v) is 16.0. The Morgan fingerprint density at radius 2 is 2.07 bits per heavy atom. The summed E-state index contributed by atoms with van der Waals surface area (Å²) >= 11 is 1.38. The number of nitro benzene ring substituents is 1. The fourth-order valence-corrected chi connectivity index (χ4v) is 4.20. The van der Waals surface area contributed by atoms with E-state index in [2.05, 4.69) is 15.4 Å². The highest BCUT2D eigenvalue weighted by Crippen LogP contribution is 2.46. The minimum atomic E-state index is -0.658. The van der Waals surface area contributed by atoms with Crippen LogP contribution in [0.3, 0.4) is 0 Å². The molecule has 0 bridgehead atoms. The van der Waals surface area contributed by atoms with E-state index in [4.69, 9.17) is 0 Å². The van der Waals surface area contributed by atoms with Crippen LogP contribution >= 0.6 is 11.8 Å². The Kier molecular flexibility index (Phi) is 4.06. The predicted molar refractivity (Wildman–Crippen MR) is 102 cm³/mol. The SMILES string of the molecule is CSc1nc2n(n1)C(c1ccccc1[N+](=O)[O-])C1=C(CC(C)(C)CC1=O)N2. The number of carbonyl (C=O) groups is 1. The summed E-state index contributed by atoms with van der Waals surface area (Å²) in [6, 6.07) is 5.86. The molecule has 9 heteroatoms. The van der Waals surface area contributed by atoms with Gasteiger partial charge in [0.1, 0.15) is 6.04 Å². The number of fused-ring (bicyclic) bond motifs is 1. The summed E-state index contributed by atoms with van der Waals surface area (Å²) in [5.74, 6) is 0.496. The maximum atomic E-state index is 13.1. The highest BCUT2D eigenvalue weighted by atomic mass is 32.2. The van der Waals surface area contributed by atoms with Gasteiger partial charge < -0.3 is 5.32 Å². The zero-order valence-electron chi connectivity index (χ0n) is 15.2. The summed E-state index contributed by atoms with van der Waals surface area (Å²) < 4.78 is 1.60. The maximum absolute atomic E-state index is 13.1. The largest absolute Gasteiger partial charge is 0.328 e. The van der Waals surface area contributed by atoms with Crippen molar-refractivity contribution in [1.82, 2.24) is 14.8 Å². The number of carbonyl (C=O) groups excluding carboxylic acids is 1. The normalized spacial score (nSPS) is 20.7. The molecule has 0 saturated carbocycles. The molecule has 0 radical (unpaired) electrons. The van der Waals surface area contributed by atoms with Gasteiger partial charge in [-0.1, -0.05) is 37.7 Å². The van der Waals surface area contributed by atoms with Crippen molar-refractivity contribution in [3.63, 3.8) is 0 Å². The van der Waals surface area contributed by atoms with Crippen molar-refractivity contribution in [2.24, 2.45) is 5.41 Å². The molecule has 1 aliphatic heterocycles. The van der Waals surface area contributed by atoms with Crippen LogP contribution in [0.25, 0.3) is 0 Å². The van der Waals surface area contributed by atoms with Gasteiger partial charge in [0.05, 0.1) is 10.5 Å². The van der Waals surface area contributed by atoms with Crippen LogP contribution in [0.15, 0.2) is 40.7 Å². The smallest absolute Gasteiger partial charge is 0.275 e. The van der Waals surface area contributed by atoms with Crippen molar-refractivity contribution in [2.45, 2.75) is 37.9 Å². The second kappa shape index (κ2) is 6.19. The lowest BCUT2D eigenvalue weighted by atomic mass is 9.73. The van der Waals surface area contributed by atoms with Gasteiger partial charge in [-0.2, -0.15) is 4.98 Å². The molecule has 2 aromatic rings. The molecule has 1 aromatic heterocycles. The first-order valence-corrected chi connectivity index (χ1v) is 9.80. The molecule has 2 aliphatic rings. The van der Waals surface area contributed by atoms with Gasteiger partial charge in [-0.3, -0.25) is 14.9 Å². The first-order valence-electron chi connectivity index (χ1n) is 8.58. The number of ketones is 1. The van der Waals surface area contributed by atoms with Crippen LogP contribution in [-0.4, -0.2) is 31.7 Å². The predicted octanol–water partition coefficient (Wildman–Crippen LogP) is 3.57. The molecule has 1 aromatic carbocycles. The van der Waals surface area contributed by atoms with E-state index in [1.165, 1.54) is 17.8 Å². The lowest BCUT2D eigenvalue weighted by Gasteiger charge is -2.38. The molecule has 1 atom stereocenters. The summed E-state index contributed by atoms with van der Waals surface area (Å²) in [5.41, 5.74) is 1.57. The maximum Gasteiger partial charge on any atom is 0.275 e. The summed E-state index contributed by atoms with van der Waals surface area (Å²) in [7, 11) is 0. The number of nitrogens with one attached hydrogen (secondary N) is 1. The topological polar surface area (TPSA) is 103 Å². The van der Waals surface area contributed by atoms with Crippen LogP contribution in [0.4, 0.5) is 11.6 Å². The van der Waals surface area contributed by atoms with E-state index in [1.807, 2.05) is 20.1 Å². The summed E-state index contributed by atoms with van der Waals surface area (Å²) in [6.45, 7) is 4.09. The molecule has 0 spiro atoms. The first-order chi connectivity index (χ1) is 12.8. The van der Waals surface area contributed by atoms with Crippen molar-refractivity contribution >= 4 is 29.2 Å². The van der Waals surface area contributed by atoms with E-state index in [1.54, 1.807) is 22.9 Å². The molecule has 1 unspecified atom stereocenters. The lowest BCUT2D eigenvalue weighted by molar-refractivity contribution is -0.385. The van der Waals surface area contributed by atoms with Gasteiger partial charge in [0, 0.05) is 23.8 Å². The zero-order chi connectivity index (χ0) is 19.3. The van der Waals surface area contributed by atoms with Crippen LogP contribution < -0.4 is 5.32 Å². The van der Waals surface area contributed by atoms with Gasteiger partial charge in [0.25, 0.3) is 5.69 Å². The molecule has 140 valence electrons. The number of hydrogen-bond donors (Lipinski definition) is 1. The van der Waals surface area contributed by atoms with Gasteiger partial charge >= 0.3 is 0 Å². The number of benzene rings is 1. The standard InChI is InChI=1S/C18H19N5O3S/c1-18(2)8-11-14(13(24)9-18)15(10-6-4-5-7-12(10)23(25)26)22-16(19-11)20-17(21-22)27-3/h4-7,15H,8-9H2,1-3H3,(H,19,20,21). The number of para-hydroxylation sites is 1. The van der Waals surface area contributed by atoms with E-state index < -0.39 is 11.0 Å². The number of rotatable bonds is 3. The third-order valence-electron chi connectivity index (χ3n) is 4.92. The number of aromatic nitrogens is 3. The molecular weight excluding hydrogens is 366 g/mol. The van der Waals surface area contributed by atoms with Crippen molar-refractivity contribution in [2.75, 3.05) is 11.6 Å². The van der Waals surface area contributed by atoms with Gasteiger partial charge in [-0.25, -0.2) is 4.68 Å². The lowest BCUT2D eigenvalue weighted by Crippen LogP contribution is -2.36. The second-order valence-corrected chi connectivity index (χ2v) is 8.32. The molecule has 4 rings (SSSR count). The number of Topliss-reactive ketones (excluding diaryl/α,β-unsaturated/α-hetero) is 1. The third-order valence-corrected chi connectivity index (χ3v) is 5.46. The van der Waals surface area contributed by atoms with Gasteiger partial charge in [-0.15, -0.1) is 5.10 Å². The van der Waals surface area contributed by atoms with E-state index in [0.29, 0.717) is 35.1 Å². The molecular formula is C18H19N5O3S. The third kappa shape index (κ3) is 2.91. The second-order valence-electron chi connectivity index (χ2n) is 7.54. The Labute approximate surface area is 160 Å². The molecule has 1 aliphatic carbocycles. The van der Waals surface area contributed by atoms with Crippen LogP contribution in [0.2, 0.25) is 0 Å². The van der Waals surface area contributed by atoms with E-state index in [9.17, 15) is 14.9 Å². The van der Waals surface area contributed by atoms with Crippen molar-refractivity contribution < 1.29 is 9.72 Å². The van der Waals surface area contributed by atoms with Crippen LogP contribution in [0, 0.1) is 15.5 Å². The first kappa shape index (κ1) is 17.7. The molecule has 0 saturated heterocycles. The van der Waals surface area contributed by atoms with Gasteiger partial charge in [0.15, 0.2) is 5.78 Å². The summed E-state index contributed by atoms with van der Waals surface area (Å²) in [6.07, 6.45) is 2.93. The van der Waals surface area contributed by atoms with Crippen LogP contribution in [0.5, 0.6) is 0 Å². The van der Waals surface area contributed by atoms with E-state index in [-0.39, 0.29) is 16.9 Å². The Balaban J connectivity index is 1.97. The summed E-state index contributed by atoms with van der Waals surface area (Å²) in [5, 5.41) is 19.9. The van der Waals surface area contributed by atoms with E-state index in [0.717, 1.165) is 5.70 Å². The van der Waals surface area contributed by atoms with Crippen molar-refractivity contribution in [3.05, 3.63) is 51.2 Å². The molecule has 0 amide bonds. The number of nitrogens with zero attached hydrogens (tertiary/aromatic N) is 4. The van der Waals surface area contributed by atoms with Crippen molar-refractivity contribution in [3.8, 4) is 0 Å². The van der Waals surface area contributed by atoms with Crippen molar-refractivity contribution in [1.29, 1.82) is 0 Å². The number of allylic oxidation sites excluding steroid dienone is 2. The molecule has 27 heavy (non-hydrogen) atoms. The Morgan fingerprint density at radius 3 is 2.78 bits per heavy atom. The molecule has 2 heterocycles. The Hall–Kier alpha value is -2.68. The number of anilines is 1. The fourth-order valence-electron chi connectivity index (χ4n) is 3.85. The number of thioether (sulfide) groups is 1. The summed E-state index contributed by atoms with van der Waals surface area (Å²) in [4.78, 5) is 28.7.